The van der Waals surface area contributed by atoms with Crippen LogP contribution in [0.1, 0.15) is 31.5 Å². The molecule has 0 saturated heterocycles. The molecule has 3 nitrogen and oxygen atoms in total. The van der Waals surface area contributed by atoms with Crippen molar-refractivity contribution in [2.45, 2.75) is 33.2 Å². The van der Waals surface area contributed by atoms with E-state index in [1.807, 2.05) is 7.05 Å². The highest BCUT2D eigenvalue weighted by atomic mass is 15.2. The fourth-order valence-corrected chi connectivity index (χ4v) is 2.26. The molecule has 0 fully saturated rings. The van der Waals surface area contributed by atoms with Crippen LogP contribution in [0.25, 0.3) is 0 Å². The molecule has 0 radical (unpaired) electrons. The molecule has 1 aromatic rings. The van der Waals surface area contributed by atoms with E-state index < -0.39 is 0 Å². The van der Waals surface area contributed by atoms with Crippen molar-refractivity contribution in [3.63, 3.8) is 0 Å². The molecule has 0 aromatic carbocycles. The molecule has 0 unspecified atom stereocenters. The molecule has 2 heterocycles. The van der Waals surface area contributed by atoms with Gasteiger partial charge in [0.2, 0.25) is 0 Å². The number of hydrogen-bond donors (Lipinski definition) is 1. The summed E-state index contributed by atoms with van der Waals surface area (Å²) in [6.07, 6.45) is 4.45. The summed E-state index contributed by atoms with van der Waals surface area (Å²) in [5.41, 5.74) is 4.00. The van der Waals surface area contributed by atoms with Crippen LogP contribution in [0.2, 0.25) is 0 Å². The zero-order chi connectivity index (χ0) is 13.0. The third kappa shape index (κ3) is 3.10. The van der Waals surface area contributed by atoms with Crippen molar-refractivity contribution in [3.8, 4) is 0 Å². The van der Waals surface area contributed by atoms with E-state index in [1.165, 1.54) is 16.8 Å². The quantitative estimate of drug-likeness (QED) is 0.826. The van der Waals surface area contributed by atoms with Crippen molar-refractivity contribution in [2.75, 3.05) is 25.0 Å². The predicted octanol–water partition coefficient (Wildman–Crippen LogP) is 2.52. The molecule has 18 heavy (non-hydrogen) atoms. The normalized spacial score (nSPS) is 15.7. The summed E-state index contributed by atoms with van der Waals surface area (Å²) in [7, 11) is 1.98. The molecule has 3 heteroatoms. The van der Waals surface area contributed by atoms with E-state index >= 15 is 0 Å². The molecule has 2 rings (SSSR count). The van der Waals surface area contributed by atoms with Gasteiger partial charge in [-0.1, -0.05) is 18.6 Å². The number of nitrogens with zero attached hydrogens (tertiary/aromatic N) is 2. The third-order valence-corrected chi connectivity index (χ3v) is 3.43. The second kappa shape index (κ2) is 6.01. The van der Waals surface area contributed by atoms with E-state index in [1.54, 1.807) is 0 Å². The minimum atomic E-state index is 0.908. The lowest BCUT2D eigenvalue weighted by atomic mass is 10.1. The number of pyridine rings is 1. The summed E-state index contributed by atoms with van der Waals surface area (Å²) in [6, 6.07) is 4.41. The van der Waals surface area contributed by atoms with E-state index in [0.717, 1.165) is 38.3 Å². The SMILES string of the molecule is CCc1cc(CNC)cc(N2CC=C(C)CC2)n1. The van der Waals surface area contributed by atoms with Gasteiger partial charge in [-0.25, -0.2) is 4.98 Å². The van der Waals surface area contributed by atoms with Crippen molar-refractivity contribution in [2.24, 2.45) is 0 Å². The van der Waals surface area contributed by atoms with Gasteiger partial charge in [-0.05, 0) is 44.5 Å². The van der Waals surface area contributed by atoms with Crippen LogP contribution in [-0.2, 0) is 13.0 Å². The Labute approximate surface area is 110 Å². The lowest BCUT2D eigenvalue weighted by Crippen LogP contribution is -2.29. The highest BCUT2D eigenvalue weighted by Gasteiger charge is 2.12. The van der Waals surface area contributed by atoms with Crippen LogP contribution < -0.4 is 10.2 Å². The van der Waals surface area contributed by atoms with Crippen LogP contribution in [0.5, 0.6) is 0 Å². The van der Waals surface area contributed by atoms with Crippen molar-refractivity contribution in [1.29, 1.82) is 0 Å². The minimum absolute atomic E-state index is 0.908. The van der Waals surface area contributed by atoms with E-state index in [0.29, 0.717) is 0 Å². The Bertz CT molecular complexity index is 437. The number of anilines is 1. The summed E-state index contributed by atoms with van der Waals surface area (Å²) < 4.78 is 0. The number of aromatic nitrogens is 1. The van der Waals surface area contributed by atoms with Crippen LogP contribution >= 0.6 is 0 Å². The van der Waals surface area contributed by atoms with Crippen molar-refractivity contribution >= 4 is 5.82 Å². The molecule has 0 spiro atoms. The molecule has 0 amide bonds. The fraction of sp³-hybridized carbons (Fsp3) is 0.533. The van der Waals surface area contributed by atoms with E-state index in [9.17, 15) is 0 Å². The first-order valence-corrected chi connectivity index (χ1v) is 6.78. The van der Waals surface area contributed by atoms with Crippen molar-refractivity contribution in [1.82, 2.24) is 10.3 Å². The van der Waals surface area contributed by atoms with Gasteiger partial charge in [0.25, 0.3) is 0 Å². The zero-order valence-electron chi connectivity index (χ0n) is 11.7. The maximum atomic E-state index is 4.75. The van der Waals surface area contributed by atoms with Crippen LogP contribution in [0.4, 0.5) is 5.82 Å². The summed E-state index contributed by atoms with van der Waals surface area (Å²) in [5, 5.41) is 3.21. The van der Waals surface area contributed by atoms with Crippen LogP contribution in [0.3, 0.4) is 0 Å². The summed E-state index contributed by atoms with van der Waals surface area (Å²) in [6.45, 7) is 7.35. The smallest absolute Gasteiger partial charge is 0.129 e. The molecule has 0 bridgehead atoms. The Hall–Kier alpha value is -1.35. The molecule has 0 aliphatic carbocycles. The van der Waals surface area contributed by atoms with Gasteiger partial charge in [-0.3, -0.25) is 0 Å². The summed E-state index contributed by atoms with van der Waals surface area (Å²) in [4.78, 5) is 7.12. The largest absolute Gasteiger partial charge is 0.353 e. The number of rotatable bonds is 4. The average molecular weight is 245 g/mol. The van der Waals surface area contributed by atoms with E-state index in [2.05, 4.69) is 42.3 Å². The standard InChI is InChI=1S/C15H23N3/c1-4-14-9-13(11-16-3)10-15(17-14)18-7-5-12(2)6-8-18/h5,9-10,16H,4,6-8,11H2,1-3H3. The van der Waals surface area contributed by atoms with E-state index in [4.69, 9.17) is 4.98 Å². The van der Waals surface area contributed by atoms with Gasteiger partial charge in [0.15, 0.2) is 0 Å². The van der Waals surface area contributed by atoms with Crippen LogP contribution in [0.15, 0.2) is 23.8 Å². The van der Waals surface area contributed by atoms with E-state index in [-0.39, 0.29) is 0 Å². The Morgan fingerprint density at radius 1 is 1.39 bits per heavy atom. The molecule has 1 aliphatic rings. The maximum absolute atomic E-state index is 4.75. The van der Waals surface area contributed by atoms with Crippen LogP contribution in [-0.4, -0.2) is 25.1 Å². The molecule has 98 valence electrons. The zero-order valence-corrected chi connectivity index (χ0v) is 11.7. The van der Waals surface area contributed by atoms with Gasteiger partial charge >= 0.3 is 0 Å². The van der Waals surface area contributed by atoms with Crippen molar-refractivity contribution < 1.29 is 0 Å². The van der Waals surface area contributed by atoms with Gasteiger partial charge in [0, 0.05) is 25.3 Å². The highest BCUT2D eigenvalue weighted by Crippen LogP contribution is 2.20. The lowest BCUT2D eigenvalue weighted by Gasteiger charge is -2.27. The number of hydrogen-bond acceptors (Lipinski definition) is 3. The second-order valence-corrected chi connectivity index (χ2v) is 4.96. The van der Waals surface area contributed by atoms with Crippen molar-refractivity contribution in [3.05, 3.63) is 35.0 Å². The molecular formula is C15H23N3. The first-order valence-electron chi connectivity index (χ1n) is 6.78. The van der Waals surface area contributed by atoms with Gasteiger partial charge < -0.3 is 10.2 Å². The molecule has 1 aromatic heterocycles. The Morgan fingerprint density at radius 3 is 2.83 bits per heavy atom. The molecule has 1 N–H and O–H groups in total. The highest BCUT2D eigenvalue weighted by molar-refractivity contribution is 5.44. The Morgan fingerprint density at radius 2 is 2.22 bits per heavy atom. The lowest BCUT2D eigenvalue weighted by molar-refractivity contribution is 0.763. The molecule has 1 aliphatic heterocycles. The van der Waals surface area contributed by atoms with Gasteiger partial charge in [0.05, 0.1) is 0 Å². The second-order valence-electron chi connectivity index (χ2n) is 4.96. The predicted molar refractivity (Wildman–Crippen MR) is 77.0 cm³/mol. The summed E-state index contributed by atoms with van der Waals surface area (Å²) in [5.74, 6) is 1.13. The molecule has 0 saturated carbocycles. The monoisotopic (exact) mass is 245 g/mol. The number of nitrogens with one attached hydrogen (secondary N) is 1. The topological polar surface area (TPSA) is 28.2 Å². The molecule has 0 atom stereocenters. The minimum Gasteiger partial charge on any atom is -0.353 e. The first-order chi connectivity index (χ1) is 8.72. The van der Waals surface area contributed by atoms with Crippen LogP contribution in [0, 0.1) is 0 Å². The maximum Gasteiger partial charge on any atom is 0.129 e. The number of aryl methyl sites for hydroxylation is 1. The fourth-order valence-electron chi connectivity index (χ4n) is 2.26. The Kier molecular flexibility index (Phi) is 4.37. The first kappa shape index (κ1) is 13.1. The average Bonchev–Trinajstić information content (AvgIpc) is 2.39. The third-order valence-electron chi connectivity index (χ3n) is 3.43. The van der Waals surface area contributed by atoms with Gasteiger partial charge in [-0.15, -0.1) is 0 Å². The molecular weight excluding hydrogens is 222 g/mol. The van der Waals surface area contributed by atoms with Gasteiger partial charge in [-0.2, -0.15) is 0 Å². The Balaban J connectivity index is 2.23. The van der Waals surface area contributed by atoms with Gasteiger partial charge in [0.1, 0.15) is 5.82 Å². The summed E-state index contributed by atoms with van der Waals surface area (Å²) >= 11 is 0.